The van der Waals surface area contributed by atoms with Crippen molar-refractivity contribution in [2.75, 3.05) is 0 Å². The lowest BCUT2D eigenvalue weighted by Crippen LogP contribution is -2.33. The van der Waals surface area contributed by atoms with Crippen molar-refractivity contribution >= 4 is 17.2 Å². The minimum atomic E-state index is -0.0124. The second-order valence-electron chi connectivity index (χ2n) is 5.25. The zero-order chi connectivity index (χ0) is 14.1. The van der Waals surface area contributed by atoms with Gasteiger partial charge in [0.25, 0.3) is 5.91 Å². The second kappa shape index (κ2) is 5.32. The summed E-state index contributed by atoms with van der Waals surface area (Å²) in [6.07, 6.45) is 4.19. The van der Waals surface area contributed by atoms with Crippen molar-refractivity contribution in [3.05, 3.63) is 35.0 Å². The number of hydrogen-bond acceptors (Lipinski definition) is 4. The number of nitrogens with zero attached hydrogens (tertiary/aromatic N) is 2. The third kappa shape index (κ3) is 2.72. The molecule has 20 heavy (non-hydrogen) atoms. The Hall–Kier alpha value is -1.75. The van der Waals surface area contributed by atoms with E-state index in [4.69, 9.17) is 0 Å². The minimum absolute atomic E-state index is 0.0124. The summed E-state index contributed by atoms with van der Waals surface area (Å²) in [7, 11) is 0. The predicted molar refractivity (Wildman–Crippen MR) is 79.7 cm³/mol. The van der Waals surface area contributed by atoms with E-state index in [9.17, 15) is 4.79 Å². The van der Waals surface area contributed by atoms with Gasteiger partial charge in [0.2, 0.25) is 0 Å². The summed E-state index contributed by atoms with van der Waals surface area (Å²) in [6.45, 7) is 3.95. The maximum Gasteiger partial charge on any atom is 0.263 e. The Kier molecular flexibility index (Phi) is 3.53. The molecule has 104 valence electrons. The van der Waals surface area contributed by atoms with E-state index in [0.717, 1.165) is 16.4 Å². The molecule has 0 saturated heterocycles. The third-order valence-corrected chi connectivity index (χ3v) is 4.75. The van der Waals surface area contributed by atoms with Crippen LogP contribution >= 0.6 is 11.3 Å². The summed E-state index contributed by atoms with van der Waals surface area (Å²) in [5, 5.41) is 3.87. The number of rotatable bonds is 4. The molecule has 1 aliphatic carbocycles. The molecule has 2 aromatic rings. The largest absolute Gasteiger partial charge is 0.349 e. The fourth-order valence-corrected chi connectivity index (χ4v) is 3.14. The molecule has 1 saturated carbocycles. The fourth-order valence-electron chi connectivity index (χ4n) is 2.19. The topological polar surface area (TPSA) is 54.9 Å². The first-order valence-corrected chi connectivity index (χ1v) is 7.66. The van der Waals surface area contributed by atoms with Gasteiger partial charge in [-0.3, -0.25) is 9.78 Å². The van der Waals surface area contributed by atoms with Gasteiger partial charge in [-0.05, 0) is 44.7 Å². The quantitative estimate of drug-likeness (QED) is 0.940. The molecule has 5 heteroatoms. The van der Waals surface area contributed by atoms with E-state index < -0.39 is 0 Å². The fraction of sp³-hybridized carbons (Fsp3) is 0.400. The molecule has 1 atom stereocenters. The number of aryl methyl sites for hydroxylation is 1. The maximum atomic E-state index is 12.3. The van der Waals surface area contributed by atoms with Crippen molar-refractivity contribution < 1.29 is 4.79 Å². The third-order valence-electron chi connectivity index (χ3n) is 3.57. The highest BCUT2D eigenvalue weighted by Gasteiger charge is 2.30. The van der Waals surface area contributed by atoms with Crippen LogP contribution in [0.4, 0.5) is 0 Å². The summed E-state index contributed by atoms with van der Waals surface area (Å²) in [5.74, 6) is 0.643. The van der Waals surface area contributed by atoms with Gasteiger partial charge in [-0.25, -0.2) is 4.98 Å². The van der Waals surface area contributed by atoms with Gasteiger partial charge in [-0.15, -0.1) is 11.3 Å². The lowest BCUT2D eigenvalue weighted by molar-refractivity contribution is 0.0939. The molecular weight excluding hydrogens is 270 g/mol. The van der Waals surface area contributed by atoms with Crippen LogP contribution in [0.1, 0.15) is 35.1 Å². The van der Waals surface area contributed by atoms with Crippen LogP contribution in [0.15, 0.2) is 24.4 Å². The van der Waals surface area contributed by atoms with E-state index >= 15 is 0 Å². The van der Waals surface area contributed by atoms with Crippen LogP contribution in [0, 0.1) is 12.8 Å². The molecule has 1 fully saturated rings. The van der Waals surface area contributed by atoms with Gasteiger partial charge in [-0.2, -0.15) is 0 Å². The molecule has 0 aromatic carbocycles. The molecule has 1 amide bonds. The zero-order valence-electron chi connectivity index (χ0n) is 11.6. The van der Waals surface area contributed by atoms with Crippen LogP contribution in [0.5, 0.6) is 0 Å². The van der Waals surface area contributed by atoms with E-state index in [0.29, 0.717) is 10.8 Å². The predicted octanol–water partition coefficient (Wildman–Crippen LogP) is 3.04. The van der Waals surface area contributed by atoms with Gasteiger partial charge in [0.15, 0.2) is 0 Å². The molecule has 1 unspecified atom stereocenters. The van der Waals surface area contributed by atoms with Crippen molar-refractivity contribution in [1.82, 2.24) is 15.3 Å². The summed E-state index contributed by atoms with van der Waals surface area (Å²) >= 11 is 1.41. The molecule has 1 N–H and O–H groups in total. The number of thiazole rings is 1. The Bertz CT molecular complexity index is 619. The van der Waals surface area contributed by atoms with Gasteiger partial charge in [0, 0.05) is 12.2 Å². The maximum absolute atomic E-state index is 12.3. The van der Waals surface area contributed by atoms with Crippen LogP contribution in [-0.4, -0.2) is 21.9 Å². The summed E-state index contributed by atoms with van der Waals surface area (Å²) in [6, 6.07) is 5.96. The molecule has 1 aliphatic rings. The number of hydrogen-bond donors (Lipinski definition) is 1. The number of nitrogens with one attached hydrogen (secondary N) is 1. The van der Waals surface area contributed by atoms with Gasteiger partial charge < -0.3 is 5.32 Å². The smallest absolute Gasteiger partial charge is 0.263 e. The van der Waals surface area contributed by atoms with Crippen LogP contribution in [0.3, 0.4) is 0 Å². The zero-order valence-corrected chi connectivity index (χ0v) is 12.4. The first-order chi connectivity index (χ1) is 9.65. The van der Waals surface area contributed by atoms with E-state index in [-0.39, 0.29) is 11.9 Å². The molecule has 0 spiro atoms. The summed E-state index contributed by atoms with van der Waals surface area (Å²) in [5.41, 5.74) is 1.59. The Balaban J connectivity index is 1.80. The summed E-state index contributed by atoms with van der Waals surface area (Å²) in [4.78, 5) is 21.7. The van der Waals surface area contributed by atoms with Crippen molar-refractivity contribution in [2.24, 2.45) is 5.92 Å². The average Bonchev–Trinajstić information content (AvgIpc) is 3.22. The monoisotopic (exact) mass is 287 g/mol. The molecule has 2 aromatic heterocycles. The van der Waals surface area contributed by atoms with Crippen LogP contribution in [-0.2, 0) is 0 Å². The standard InChI is InChI=1S/C15H17N3OS/c1-9(11-6-7-11)17-14(19)13-10(2)18-15(20-13)12-5-3-4-8-16-12/h3-5,8-9,11H,6-7H2,1-2H3,(H,17,19). The highest BCUT2D eigenvalue weighted by Crippen LogP contribution is 2.33. The van der Waals surface area contributed by atoms with Crippen LogP contribution in [0.2, 0.25) is 0 Å². The van der Waals surface area contributed by atoms with E-state index in [1.807, 2.05) is 25.1 Å². The first kappa shape index (κ1) is 13.2. The molecule has 0 radical (unpaired) electrons. The van der Waals surface area contributed by atoms with Crippen molar-refractivity contribution in [3.8, 4) is 10.7 Å². The first-order valence-electron chi connectivity index (χ1n) is 6.85. The Morgan fingerprint density at radius 2 is 2.25 bits per heavy atom. The van der Waals surface area contributed by atoms with E-state index in [1.54, 1.807) is 6.20 Å². The van der Waals surface area contributed by atoms with Crippen LogP contribution in [0.25, 0.3) is 10.7 Å². The Morgan fingerprint density at radius 3 is 2.90 bits per heavy atom. The Labute approximate surface area is 122 Å². The molecule has 0 aliphatic heterocycles. The molecule has 0 bridgehead atoms. The normalized spacial score (nSPS) is 15.9. The van der Waals surface area contributed by atoms with Crippen molar-refractivity contribution in [3.63, 3.8) is 0 Å². The Morgan fingerprint density at radius 1 is 1.45 bits per heavy atom. The number of carbonyl (C=O) groups excluding carboxylic acids is 1. The van der Waals surface area contributed by atoms with Crippen molar-refractivity contribution in [1.29, 1.82) is 0 Å². The molecular formula is C15H17N3OS. The average molecular weight is 287 g/mol. The molecule has 4 nitrogen and oxygen atoms in total. The van der Waals surface area contributed by atoms with E-state index in [2.05, 4.69) is 22.2 Å². The van der Waals surface area contributed by atoms with Crippen molar-refractivity contribution in [2.45, 2.75) is 32.7 Å². The molecule has 3 rings (SSSR count). The SMILES string of the molecule is Cc1nc(-c2ccccn2)sc1C(=O)NC(C)C1CC1. The number of pyridine rings is 1. The van der Waals surface area contributed by atoms with Gasteiger partial charge in [0.1, 0.15) is 9.88 Å². The van der Waals surface area contributed by atoms with E-state index in [1.165, 1.54) is 24.2 Å². The summed E-state index contributed by atoms with van der Waals surface area (Å²) < 4.78 is 0. The highest BCUT2D eigenvalue weighted by atomic mass is 32.1. The minimum Gasteiger partial charge on any atom is -0.349 e. The van der Waals surface area contributed by atoms with Gasteiger partial charge >= 0.3 is 0 Å². The lowest BCUT2D eigenvalue weighted by atomic mass is 10.2. The highest BCUT2D eigenvalue weighted by molar-refractivity contribution is 7.17. The second-order valence-corrected chi connectivity index (χ2v) is 6.25. The van der Waals surface area contributed by atoms with Gasteiger partial charge in [-0.1, -0.05) is 6.07 Å². The number of amides is 1. The van der Waals surface area contributed by atoms with Crippen LogP contribution < -0.4 is 5.32 Å². The molecule has 2 heterocycles. The van der Waals surface area contributed by atoms with Gasteiger partial charge in [0.05, 0.1) is 11.4 Å². The number of aromatic nitrogens is 2. The lowest BCUT2D eigenvalue weighted by Gasteiger charge is -2.11. The number of carbonyl (C=O) groups is 1.